The molecule has 1 heterocycles. The predicted molar refractivity (Wildman–Crippen MR) is 38.4 cm³/mol. The molecular formula is C6H6N2OS. The first-order valence-electron chi connectivity index (χ1n) is 2.71. The zero-order valence-electron chi connectivity index (χ0n) is 5.50. The van der Waals surface area contributed by atoms with Gasteiger partial charge in [0.2, 0.25) is 0 Å². The number of rotatable bonds is 2. The molecule has 0 bridgehead atoms. The first-order valence-corrected chi connectivity index (χ1v) is 4.11. The SMILES string of the molecule is CSCc1cc(C#N)no1. The van der Waals surface area contributed by atoms with Gasteiger partial charge in [-0.1, -0.05) is 5.16 Å². The van der Waals surface area contributed by atoms with E-state index >= 15 is 0 Å². The number of aromatic nitrogens is 1. The van der Waals surface area contributed by atoms with Crippen molar-refractivity contribution in [3.05, 3.63) is 17.5 Å². The molecule has 0 aliphatic heterocycles. The lowest BCUT2D eigenvalue weighted by molar-refractivity contribution is 0.393. The van der Waals surface area contributed by atoms with Crippen LogP contribution >= 0.6 is 11.8 Å². The fourth-order valence-corrected chi connectivity index (χ4v) is 0.997. The van der Waals surface area contributed by atoms with E-state index < -0.39 is 0 Å². The van der Waals surface area contributed by atoms with E-state index in [0.717, 1.165) is 11.5 Å². The third kappa shape index (κ3) is 1.52. The van der Waals surface area contributed by atoms with Gasteiger partial charge in [-0.15, -0.1) is 0 Å². The Labute approximate surface area is 63.0 Å². The molecule has 0 atom stereocenters. The highest BCUT2D eigenvalue weighted by atomic mass is 32.2. The van der Waals surface area contributed by atoms with Crippen molar-refractivity contribution in [2.45, 2.75) is 5.75 Å². The summed E-state index contributed by atoms with van der Waals surface area (Å²) in [6.07, 6.45) is 1.97. The van der Waals surface area contributed by atoms with Gasteiger partial charge in [-0.3, -0.25) is 0 Å². The van der Waals surface area contributed by atoms with Crippen LogP contribution in [-0.2, 0) is 5.75 Å². The molecule has 0 aliphatic carbocycles. The van der Waals surface area contributed by atoms with Crippen LogP contribution in [0.25, 0.3) is 0 Å². The summed E-state index contributed by atoms with van der Waals surface area (Å²) < 4.78 is 4.80. The monoisotopic (exact) mass is 154 g/mol. The molecule has 1 aromatic rings. The highest BCUT2D eigenvalue weighted by Crippen LogP contribution is 2.09. The van der Waals surface area contributed by atoms with Gasteiger partial charge in [0.15, 0.2) is 5.69 Å². The molecule has 0 amide bonds. The van der Waals surface area contributed by atoms with Gasteiger partial charge >= 0.3 is 0 Å². The highest BCUT2D eigenvalue weighted by molar-refractivity contribution is 7.97. The highest BCUT2D eigenvalue weighted by Gasteiger charge is 2.00. The molecule has 0 spiro atoms. The Morgan fingerprint density at radius 3 is 3.20 bits per heavy atom. The van der Waals surface area contributed by atoms with Crippen LogP contribution in [-0.4, -0.2) is 11.4 Å². The van der Waals surface area contributed by atoms with Crippen LogP contribution in [0.2, 0.25) is 0 Å². The smallest absolute Gasteiger partial charge is 0.183 e. The second kappa shape index (κ2) is 3.28. The minimum Gasteiger partial charge on any atom is -0.359 e. The number of hydrogen-bond donors (Lipinski definition) is 0. The lowest BCUT2D eigenvalue weighted by Gasteiger charge is -1.83. The molecule has 0 saturated carbocycles. The third-order valence-electron chi connectivity index (χ3n) is 0.960. The van der Waals surface area contributed by atoms with Crippen molar-refractivity contribution < 1.29 is 4.52 Å². The van der Waals surface area contributed by atoms with E-state index in [2.05, 4.69) is 5.16 Å². The molecule has 0 aromatic carbocycles. The molecule has 1 aromatic heterocycles. The van der Waals surface area contributed by atoms with E-state index in [0.29, 0.717) is 5.69 Å². The zero-order valence-corrected chi connectivity index (χ0v) is 6.31. The Balaban J connectivity index is 2.71. The third-order valence-corrected chi connectivity index (χ3v) is 1.53. The van der Waals surface area contributed by atoms with E-state index in [4.69, 9.17) is 9.78 Å². The summed E-state index contributed by atoms with van der Waals surface area (Å²) in [5.74, 6) is 1.53. The molecule has 0 radical (unpaired) electrons. The number of nitriles is 1. The number of hydrogen-bond acceptors (Lipinski definition) is 4. The minimum atomic E-state index is 0.351. The van der Waals surface area contributed by atoms with Gasteiger partial charge in [0.1, 0.15) is 11.8 Å². The van der Waals surface area contributed by atoms with Gasteiger partial charge in [-0.25, -0.2) is 0 Å². The van der Waals surface area contributed by atoms with Crippen LogP contribution < -0.4 is 0 Å². The van der Waals surface area contributed by atoms with Crippen LogP contribution in [0.15, 0.2) is 10.6 Å². The molecule has 52 valence electrons. The summed E-state index contributed by atoms with van der Waals surface area (Å²) in [4.78, 5) is 0. The Hall–Kier alpha value is -0.950. The van der Waals surface area contributed by atoms with Crippen LogP contribution in [0.5, 0.6) is 0 Å². The summed E-state index contributed by atoms with van der Waals surface area (Å²) in [5.41, 5.74) is 0.351. The minimum absolute atomic E-state index is 0.351. The summed E-state index contributed by atoms with van der Waals surface area (Å²) in [6, 6.07) is 3.54. The number of nitrogens with zero attached hydrogens (tertiary/aromatic N) is 2. The van der Waals surface area contributed by atoms with Gasteiger partial charge in [-0.2, -0.15) is 17.0 Å². The van der Waals surface area contributed by atoms with Crippen LogP contribution in [0.4, 0.5) is 0 Å². The average Bonchev–Trinajstić information content (AvgIpc) is 2.37. The van der Waals surface area contributed by atoms with Crippen LogP contribution in [0.1, 0.15) is 11.5 Å². The van der Waals surface area contributed by atoms with E-state index in [-0.39, 0.29) is 0 Å². The first-order chi connectivity index (χ1) is 4.86. The summed E-state index contributed by atoms with van der Waals surface area (Å²) in [7, 11) is 0. The molecule has 0 saturated heterocycles. The zero-order chi connectivity index (χ0) is 7.40. The average molecular weight is 154 g/mol. The summed E-state index contributed by atoms with van der Waals surface area (Å²) in [5, 5.41) is 11.8. The molecule has 10 heavy (non-hydrogen) atoms. The lowest BCUT2D eigenvalue weighted by Crippen LogP contribution is -1.70. The van der Waals surface area contributed by atoms with Crippen molar-refractivity contribution in [2.24, 2.45) is 0 Å². The Morgan fingerprint density at radius 1 is 1.90 bits per heavy atom. The molecule has 0 unspecified atom stereocenters. The second-order valence-electron chi connectivity index (χ2n) is 1.72. The second-order valence-corrected chi connectivity index (χ2v) is 2.59. The quantitative estimate of drug-likeness (QED) is 0.646. The van der Waals surface area contributed by atoms with E-state index in [1.807, 2.05) is 12.3 Å². The largest absolute Gasteiger partial charge is 0.359 e. The van der Waals surface area contributed by atoms with Gasteiger partial charge in [0.25, 0.3) is 0 Å². The fourth-order valence-electron chi connectivity index (χ4n) is 0.576. The van der Waals surface area contributed by atoms with Crippen LogP contribution in [0, 0.1) is 11.3 Å². The van der Waals surface area contributed by atoms with Crippen LogP contribution in [0.3, 0.4) is 0 Å². The molecular weight excluding hydrogens is 148 g/mol. The number of thioether (sulfide) groups is 1. The van der Waals surface area contributed by atoms with Crippen molar-refractivity contribution >= 4 is 11.8 Å². The van der Waals surface area contributed by atoms with Gasteiger partial charge in [0.05, 0.1) is 5.75 Å². The van der Waals surface area contributed by atoms with Crippen molar-refractivity contribution in [3.8, 4) is 6.07 Å². The normalized spacial score (nSPS) is 9.20. The molecule has 3 nitrogen and oxygen atoms in total. The van der Waals surface area contributed by atoms with E-state index in [9.17, 15) is 0 Å². The molecule has 0 fully saturated rings. The predicted octanol–water partition coefficient (Wildman–Crippen LogP) is 1.41. The first kappa shape index (κ1) is 7.16. The molecule has 1 rings (SSSR count). The maximum absolute atomic E-state index is 8.34. The Morgan fingerprint density at radius 2 is 2.70 bits per heavy atom. The van der Waals surface area contributed by atoms with Crippen molar-refractivity contribution in [1.82, 2.24) is 5.16 Å². The lowest BCUT2D eigenvalue weighted by atomic mass is 10.4. The van der Waals surface area contributed by atoms with E-state index in [1.165, 1.54) is 0 Å². The maximum atomic E-state index is 8.34. The summed E-state index contributed by atoms with van der Waals surface area (Å²) in [6.45, 7) is 0. The Bertz CT molecular complexity index is 250. The summed E-state index contributed by atoms with van der Waals surface area (Å²) >= 11 is 1.64. The van der Waals surface area contributed by atoms with Crippen molar-refractivity contribution in [1.29, 1.82) is 5.26 Å². The molecule has 0 N–H and O–H groups in total. The fraction of sp³-hybridized carbons (Fsp3) is 0.333. The van der Waals surface area contributed by atoms with E-state index in [1.54, 1.807) is 17.8 Å². The Kier molecular flexibility index (Phi) is 2.35. The van der Waals surface area contributed by atoms with Gasteiger partial charge < -0.3 is 4.52 Å². The van der Waals surface area contributed by atoms with Crippen molar-refractivity contribution in [2.75, 3.05) is 6.26 Å². The standard InChI is InChI=1S/C6H6N2OS/c1-10-4-6-2-5(3-7)8-9-6/h2H,4H2,1H3. The maximum Gasteiger partial charge on any atom is 0.183 e. The van der Waals surface area contributed by atoms with Gasteiger partial charge in [0, 0.05) is 6.07 Å². The topological polar surface area (TPSA) is 49.8 Å². The van der Waals surface area contributed by atoms with Gasteiger partial charge in [-0.05, 0) is 6.26 Å². The van der Waals surface area contributed by atoms with Crippen molar-refractivity contribution in [3.63, 3.8) is 0 Å². The molecule has 0 aliphatic rings. The molecule has 4 heteroatoms.